The summed E-state index contributed by atoms with van der Waals surface area (Å²) in [5.41, 5.74) is 1.40. The minimum atomic E-state index is -3.61. The van der Waals surface area contributed by atoms with Gasteiger partial charge in [-0.25, -0.2) is 8.42 Å². The Labute approximate surface area is 193 Å². The van der Waals surface area contributed by atoms with Gasteiger partial charge in [0.2, 0.25) is 5.91 Å². The third-order valence-corrected chi connectivity index (χ3v) is 7.70. The number of rotatable bonds is 7. The lowest BCUT2D eigenvalue weighted by atomic mass is 9.98. The maximum atomic E-state index is 13.2. The Balaban J connectivity index is 1.58. The van der Waals surface area contributed by atoms with Crippen LogP contribution < -0.4 is 0 Å². The molecule has 2 aromatic carbocycles. The molecule has 0 N–H and O–H groups in total. The Morgan fingerprint density at radius 1 is 1.06 bits per heavy atom. The lowest BCUT2D eigenvalue weighted by molar-refractivity contribution is -0.151. The molecule has 1 saturated heterocycles. The summed E-state index contributed by atoms with van der Waals surface area (Å²) < 4.78 is 33.3. The zero-order valence-electron chi connectivity index (χ0n) is 18.6. The van der Waals surface area contributed by atoms with Crippen molar-refractivity contribution in [3.05, 3.63) is 66.4 Å². The molecule has 1 unspecified atom stereocenters. The van der Waals surface area contributed by atoms with Crippen LogP contribution in [0.25, 0.3) is 10.9 Å². The number of hydrogen-bond acceptors (Lipinski definition) is 5. The monoisotopic (exact) mass is 468 g/mol. The third kappa shape index (κ3) is 5.11. The fraction of sp³-hybridized carbons (Fsp3) is 0.360. The molecule has 1 aromatic heterocycles. The Morgan fingerprint density at radius 3 is 2.55 bits per heavy atom. The molecule has 0 radical (unpaired) electrons. The number of para-hydroxylation sites is 1. The maximum absolute atomic E-state index is 13.2. The van der Waals surface area contributed by atoms with Crippen LogP contribution in [0.4, 0.5) is 0 Å². The Hall–Kier alpha value is -3.13. The molecule has 1 aliphatic rings. The summed E-state index contributed by atoms with van der Waals surface area (Å²) >= 11 is 0. The van der Waals surface area contributed by atoms with Gasteiger partial charge < -0.3 is 14.2 Å². The van der Waals surface area contributed by atoms with Gasteiger partial charge in [0.1, 0.15) is 6.54 Å². The number of hydrogen-bond donors (Lipinski definition) is 0. The normalized spacial score (nSPS) is 16.6. The van der Waals surface area contributed by atoms with Gasteiger partial charge in [0.15, 0.2) is 9.84 Å². The number of likely N-dealkylation sites (tertiary alicyclic amines) is 1. The van der Waals surface area contributed by atoms with Crippen molar-refractivity contribution in [1.29, 1.82) is 0 Å². The molecule has 4 rings (SSSR count). The van der Waals surface area contributed by atoms with E-state index >= 15 is 0 Å². The van der Waals surface area contributed by atoms with E-state index in [1.807, 2.05) is 30.3 Å². The fourth-order valence-electron chi connectivity index (χ4n) is 4.37. The second-order valence-electron chi connectivity index (χ2n) is 8.31. The third-order valence-electron chi connectivity index (χ3n) is 5.99. The number of fused-ring (bicyclic) bond motifs is 1. The first-order valence-corrected chi connectivity index (χ1v) is 12.8. The van der Waals surface area contributed by atoms with Gasteiger partial charge in [-0.2, -0.15) is 0 Å². The van der Waals surface area contributed by atoms with Crippen molar-refractivity contribution in [1.82, 2.24) is 9.47 Å². The van der Waals surface area contributed by atoms with Crippen molar-refractivity contribution in [2.45, 2.75) is 37.0 Å². The molecular weight excluding hydrogens is 440 g/mol. The van der Waals surface area contributed by atoms with E-state index < -0.39 is 9.84 Å². The smallest absolute Gasteiger partial charge is 0.310 e. The first-order valence-electron chi connectivity index (χ1n) is 11.2. The molecule has 0 saturated carbocycles. The highest BCUT2D eigenvalue weighted by molar-refractivity contribution is 7.90. The maximum Gasteiger partial charge on any atom is 0.310 e. The number of sulfone groups is 1. The molecule has 7 nitrogen and oxygen atoms in total. The van der Waals surface area contributed by atoms with Crippen molar-refractivity contribution in [2.75, 3.05) is 19.7 Å². The van der Waals surface area contributed by atoms with E-state index in [0.717, 1.165) is 6.42 Å². The van der Waals surface area contributed by atoms with Gasteiger partial charge >= 0.3 is 5.97 Å². The summed E-state index contributed by atoms with van der Waals surface area (Å²) in [4.78, 5) is 27.1. The van der Waals surface area contributed by atoms with E-state index in [1.165, 1.54) is 0 Å². The molecule has 1 amide bonds. The predicted octanol–water partition coefficient (Wildman–Crippen LogP) is 3.42. The molecule has 0 aliphatic carbocycles. The van der Waals surface area contributed by atoms with Crippen molar-refractivity contribution in [3.8, 4) is 0 Å². The second-order valence-corrected chi connectivity index (χ2v) is 10.3. The number of benzene rings is 2. The second kappa shape index (κ2) is 9.79. The summed E-state index contributed by atoms with van der Waals surface area (Å²) in [5.74, 6) is -0.832. The first kappa shape index (κ1) is 23.0. The number of carbonyl (C=O) groups is 2. The zero-order chi connectivity index (χ0) is 23.4. The molecule has 1 aliphatic heterocycles. The number of aromatic nitrogens is 1. The molecule has 0 bridgehead atoms. The summed E-state index contributed by atoms with van der Waals surface area (Å²) in [7, 11) is -3.61. The highest BCUT2D eigenvalue weighted by Crippen LogP contribution is 2.28. The highest BCUT2D eigenvalue weighted by Gasteiger charge is 2.30. The van der Waals surface area contributed by atoms with Crippen molar-refractivity contribution < 1.29 is 22.7 Å². The van der Waals surface area contributed by atoms with E-state index in [-0.39, 0.29) is 35.0 Å². The number of ether oxygens (including phenoxy) is 1. The van der Waals surface area contributed by atoms with Crippen LogP contribution in [0.1, 0.15) is 25.3 Å². The SMILES string of the molecule is CCOC(=O)C1CCCN(C(=O)Cn2cc(S(=O)(=O)Cc3ccccc3)c3ccccc32)C1. The van der Waals surface area contributed by atoms with Crippen LogP contribution in [0, 0.1) is 5.92 Å². The van der Waals surface area contributed by atoms with Gasteiger partial charge in [0.25, 0.3) is 0 Å². The quantitative estimate of drug-likeness (QED) is 0.496. The first-order chi connectivity index (χ1) is 15.9. The number of nitrogens with zero attached hydrogens (tertiary/aromatic N) is 2. The van der Waals surface area contributed by atoms with Crippen molar-refractivity contribution in [2.24, 2.45) is 5.92 Å². The Bertz CT molecular complexity index is 1250. The summed E-state index contributed by atoms with van der Waals surface area (Å²) in [6, 6.07) is 16.3. The average Bonchev–Trinajstić information content (AvgIpc) is 3.19. The average molecular weight is 469 g/mol. The number of piperidine rings is 1. The summed E-state index contributed by atoms with van der Waals surface area (Å²) in [6.07, 6.45) is 3.00. The van der Waals surface area contributed by atoms with Crippen LogP contribution in [-0.4, -0.2) is 49.5 Å². The van der Waals surface area contributed by atoms with E-state index in [4.69, 9.17) is 4.74 Å². The van der Waals surface area contributed by atoms with E-state index in [9.17, 15) is 18.0 Å². The standard InChI is InChI=1S/C25H28N2O5S/c1-2-32-25(29)20-11-8-14-26(15-20)24(28)17-27-16-23(21-12-6-7-13-22(21)27)33(30,31)18-19-9-4-3-5-10-19/h3-7,9-10,12-13,16,20H,2,8,11,14-15,17-18H2,1H3. The van der Waals surface area contributed by atoms with Gasteiger partial charge in [-0.3, -0.25) is 9.59 Å². The van der Waals surface area contributed by atoms with Crippen LogP contribution in [0.2, 0.25) is 0 Å². The molecule has 2 heterocycles. The molecule has 33 heavy (non-hydrogen) atoms. The molecule has 1 atom stereocenters. The molecule has 3 aromatic rings. The summed E-state index contributed by atoms with van der Waals surface area (Å²) in [5, 5.41) is 0.601. The summed E-state index contributed by atoms with van der Waals surface area (Å²) in [6.45, 7) is 3.00. The van der Waals surface area contributed by atoms with Crippen LogP contribution in [0.5, 0.6) is 0 Å². The predicted molar refractivity (Wildman–Crippen MR) is 125 cm³/mol. The topological polar surface area (TPSA) is 85.7 Å². The van der Waals surface area contributed by atoms with Gasteiger partial charge in [-0.05, 0) is 31.4 Å². The molecular formula is C25H28N2O5S. The molecule has 174 valence electrons. The van der Waals surface area contributed by atoms with Gasteiger partial charge in [-0.15, -0.1) is 0 Å². The minimum Gasteiger partial charge on any atom is -0.466 e. The molecule has 1 fully saturated rings. The lowest BCUT2D eigenvalue weighted by Crippen LogP contribution is -2.44. The lowest BCUT2D eigenvalue weighted by Gasteiger charge is -2.31. The van der Waals surface area contributed by atoms with Gasteiger partial charge in [0, 0.05) is 30.2 Å². The van der Waals surface area contributed by atoms with E-state index in [0.29, 0.717) is 42.6 Å². The van der Waals surface area contributed by atoms with Crippen LogP contribution >= 0.6 is 0 Å². The van der Waals surface area contributed by atoms with E-state index in [2.05, 4.69) is 0 Å². The van der Waals surface area contributed by atoms with E-state index in [1.54, 1.807) is 46.9 Å². The Morgan fingerprint density at radius 2 is 1.79 bits per heavy atom. The Kier molecular flexibility index (Phi) is 6.83. The number of amides is 1. The van der Waals surface area contributed by atoms with Crippen LogP contribution in [-0.2, 0) is 36.5 Å². The molecule has 0 spiro atoms. The zero-order valence-corrected chi connectivity index (χ0v) is 19.5. The highest BCUT2D eigenvalue weighted by atomic mass is 32.2. The van der Waals surface area contributed by atoms with Crippen molar-refractivity contribution >= 4 is 32.6 Å². The van der Waals surface area contributed by atoms with Crippen LogP contribution in [0.15, 0.2) is 65.7 Å². The van der Waals surface area contributed by atoms with Gasteiger partial charge in [-0.1, -0.05) is 48.5 Å². The van der Waals surface area contributed by atoms with Crippen LogP contribution in [0.3, 0.4) is 0 Å². The fourth-order valence-corrected chi connectivity index (χ4v) is 5.95. The van der Waals surface area contributed by atoms with Crippen molar-refractivity contribution in [3.63, 3.8) is 0 Å². The minimum absolute atomic E-state index is 0.0108. The van der Waals surface area contributed by atoms with Gasteiger partial charge in [0.05, 0.1) is 23.2 Å². The molecule has 8 heteroatoms. The number of esters is 1. The number of carbonyl (C=O) groups excluding carboxylic acids is 2. The largest absolute Gasteiger partial charge is 0.466 e.